The molecule has 1 aromatic carbocycles. The van der Waals surface area contributed by atoms with Crippen LogP contribution >= 0.6 is 34.5 Å². The standard InChI is InChI=1S/C14H14Cl2N2O2S/c1-9-8-21-14(17-9)18-13(19)3-2-6-20-12-5-4-10(15)7-11(12)16/h4-5,7-8H,2-3,6H2,1H3,(H,17,18,19). The van der Waals surface area contributed by atoms with E-state index < -0.39 is 0 Å². The molecule has 0 aliphatic heterocycles. The lowest BCUT2D eigenvalue weighted by Gasteiger charge is -2.08. The van der Waals surface area contributed by atoms with Crippen molar-refractivity contribution in [2.75, 3.05) is 11.9 Å². The summed E-state index contributed by atoms with van der Waals surface area (Å²) in [6.07, 6.45) is 0.957. The zero-order chi connectivity index (χ0) is 15.2. The smallest absolute Gasteiger partial charge is 0.226 e. The van der Waals surface area contributed by atoms with Crippen LogP contribution in [0, 0.1) is 6.92 Å². The number of carbonyl (C=O) groups excluding carboxylic acids is 1. The van der Waals surface area contributed by atoms with Crippen molar-refractivity contribution in [2.24, 2.45) is 0 Å². The van der Waals surface area contributed by atoms with Crippen molar-refractivity contribution in [3.8, 4) is 5.75 Å². The molecule has 0 saturated heterocycles. The monoisotopic (exact) mass is 344 g/mol. The van der Waals surface area contributed by atoms with Crippen LogP contribution in [0.2, 0.25) is 10.0 Å². The molecule has 1 aromatic heterocycles. The van der Waals surface area contributed by atoms with Crippen LogP contribution in [-0.2, 0) is 4.79 Å². The molecular formula is C14H14Cl2N2O2S. The van der Waals surface area contributed by atoms with Gasteiger partial charge in [0.25, 0.3) is 0 Å². The third kappa shape index (κ3) is 5.19. The van der Waals surface area contributed by atoms with Crippen LogP contribution in [-0.4, -0.2) is 17.5 Å². The lowest BCUT2D eigenvalue weighted by atomic mass is 10.3. The molecule has 0 atom stereocenters. The van der Waals surface area contributed by atoms with Crippen LogP contribution in [0.15, 0.2) is 23.6 Å². The van der Waals surface area contributed by atoms with E-state index in [2.05, 4.69) is 10.3 Å². The maximum atomic E-state index is 11.7. The fourth-order valence-electron chi connectivity index (χ4n) is 1.60. The van der Waals surface area contributed by atoms with Gasteiger partial charge in [-0.05, 0) is 31.5 Å². The number of hydrogen-bond donors (Lipinski definition) is 1. The molecule has 0 aliphatic carbocycles. The topological polar surface area (TPSA) is 51.2 Å². The Morgan fingerprint density at radius 3 is 2.90 bits per heavy atom. The molecule has 2 aromatic rings. The zero-order valence-electron chi connectivity index (χ0n) is 11.4. The second-order valence-electron chi connectivity index (χ2n) is 4.37. The highest BCUT2D eigenvalue weighted by Crippen LogP contribution is 2.27. The van der Waals surface area contributed by atoms with Crippen molar-refractivity contribution < 1.29 is 9.53 Å². The summed E-state index contributed by atoms with van der Waals surface area (Å²) >= 11 is 13.2. The van der Waals surface area contributed by atoms with Gasteiger partial charge in [0.2, 0.25) is 5.91 Å². The normalized spacial score (nSPS) is 10.4. The van der Waals surface area contributed by atoms with Crippen LogP contribution in [0.4, 0.5) is 5.13 Å². The summed E-state index contributed by atoms with van der Waals surface area (Å²) in [5.74, 6) is 0.493. The van der Waals surface area contributed by atoms with Gasteiger partial charge in [-0.1, -0.05) is 23.2 Å². The first-order valence-electron chi connectivity index (χ1n) is 6.34. The number of amides is 1. The quantitative estimate of drug-likeness (QED) is 0.781. The molecule has 2 rings (SSSR count). The lowest BCUT2D eigenvalue weighted by molar-refractivity contribution is -0.116. The van der Waals surface area contributed by atoms with Crippen LogP contribution in [0.3, 0.4) is 0 Å². The Kier molecular flexibility index (Phi) is 5.85. The Morgan fingerprint density at radius 1 is 1.43 bits per heavy atom. The van der Waals surface area contributed by atoms with Crippen LogP contribution in [0.25, 0.3) is 0 Å². The number of aryl methyl sites for hydroxylation is 1. The second kappa shape index (κ2) is 7.64. The molecule has 0 fully saturated rings. The fraction of sp³-hybridized carbons (Fsp3) is 0.286. The van der Waals surface area contributed by atoms with Crippen LogP contribution < -0.4 is 10.1 Å². The van der Waals surface area contributed by atoms with Gasteiger partial charge >= 0.3 is 0 Å². The molecule has 1 heterocycles. The molecule has 7 heteroatoms. The second-order valence-corrected chi connectivity index (χ2v) is 6.07. The molecule has 1 N–H and O–H groups in total. The highest BCUT2D eigenvalue weighted by atomic mass is 35.5. The largest absolute Gasteiger partial charge is 0.492 e. The van der Waals surface area contributed by atoms with Gasteiger partial charge in [0.15, 0.2) is 5.13 Å². The lowest BCUT2D eigenvalue weighted by Crippen LogP contribution is -2.12. The number of nitrogens with zero attached hydrogens (tertiary/aromatic N) is 1. The van der Waals surface area contributed by atoms with E-state index >= 15 is 0 Å². The van der Waals surface area contributed by atoms with Crippen molar-refractivity contribution in [3.05, 3.63) is 39.3 Å². The third-order valence-electron chi connectivity index (χ3n) is 2.57. The highest BCUT2D eigenvalue weighted by Gasteiger charge is 2.06. The van der Waals surface area contributed by atoms with Crippen molar-refractivity contribution in [2.45, 2.75) is 19.8 Å². The molecule has 21 heavy (non-hydrogen) atoms. The van der Waals surface area contributed by atoms with Crippen molar-refractivity contribution in [1.82, 2.24) is 4.98 Å². The van der Waals surface area contributed by atoms with Crippen LogP contribution in [0.5, 0.6) is 5.75 Å². The zero-order valence-corrected chi connectivity index (χ0v) is 13.7. The summed E-state index contributed by atoms with van der Waals surface area (Å²) in [6, 6.07) is 5.04. The maximum Gasteiger partial charge on any atom is 0.226 e. The van der Waals surface area contributed by atoms with Crippen molar-refractivity contribution in [3.63, 3.8) is 0 Å². The predicted molar refractivity (Wildman–Crippen MR) is 86.7 cm³/mol. The van der Waals surface area contributed by atoms with Gasteiger partial charge in [-0.3, -0.25) is 4.79 Å². The van der Waals surface area contributed by atoms with Gasteiger partial charge in [0.05, 0.1) is 17.3 Å². The van der Waals surface area contributed by atoms with E-state index in [1.54, 1.807) is 18.2 Å². The third-order valence-corrected chi connectivity index (χ3v) is 3.97. The van der Waals surface area contributed by atoms with Gasteiger partial charge in [-0.25, -0.2) is 4.98 Å². The van der Waals surface area contributed by atoms with Crippen molar-refractivity contribution >= 4 is 45.6 Å². The number of carbonyl (C=O) groups is 1. The van der Waals surface area contributed by atoms with Gasteiger partial charge < -0.3 is 10.1 Å². The minimum atomic E-state index is -0.0739. The number of nitrogens with one attached hydrogen (secondary N) is 1. The molecule has 0 unspecified atom stereocenters. The summed E-state index contributed by atoms with van der Waals surface area (Å²) < 4.78 is 5.51. The molecule has 0 saturated carbocycles. The van der Waals surface area contributed by atoms with E-state index in [-0.39, 0.29) is 5.91 Å². The van der Waals surface area contributed by atoms with Gasteiger partial charge in [0, 0.05) is 16.8 Å². The van der Waals surface area contributed by atoms with E-state index in [0.29, 0.717) is 40.4 Å². The number of rotatable bonds is 6. The Hall–Kier alpha value is -1.30. The summed E-state index contributed by atoms with van der Waals surface area (Å²) in [4.78, 5) is 15.9. The number of ether oxygens (including phenoxy) is 1. The Morgan fingerprint density at radius 2 is 2.24 bits per heavy atom. The molecule has 4 nitrogen and oxygen atoms in total. The molecule has 0 aliphatic rings. The average Bonchev–Trinajstić information content (AvgIpc) is 2.82. The van der Waals surface area contributed by atoms with E-state index in [9.17, 15) is 4.79 Å². The predicted octanol–water partition coefficient (Wildman–Crippen LogP) is 4.56. The summed E-state index contributed by atoms with van der Waals surface area (Å²) in [7, 11) is 0. The first-order valence-corrected chi connectivity index (χ1v) is 7.98. The number of benzene rings is 1. The summed E-state index contributed by atoms with van der Waals surface area (Å²) in [5.41, 5.74) is 0.899. The Balaban J connectivity index is 1.70. The van der Waals surface area contributed by atoms with Gasteiger partial charge in [0.1, 0.15) is 5.75 Å². The van der Waals surface area contributed by atoms with Gasteiger partial charge in [-0.2, -0.15) is 0 Å². The SMILES string of the molecule is Cc1csc(NC(=O)CCCOc2ccc(Cl)cc2Cl)n1. The molecule has 0 spiro atoms. The van der Waals surface area contributed by atoms with E-state index in [1.807, 2.05) is 12.3 Å². The molecule has 1 amide bonds. The number of thiazole rings is 1. The Labute approximate surface area is 137 Å². The Bertz CT molecular complexity index is 631. The maximum absolute atomic E-state index is 11.7. The van der Waals surface area contributed by atoms with Gasteiger partial charge in [-0.15, -0.1) is 11.3 Å². The number of aromatic nitrogens is 1. The molecule has 0 radical (unpaired) electrons. The van der Waals surface area contributed by atoms with E-state index in [4.69, 9.17) is 27.9 Å². The van der Waals surface area contributed by atoms with E-state index in [0.717, 1.165) is 5.69 Å². The average molecular weight is 345 g/mol. The molecule has 0 bridgehead atoms. The molecule has 112 valence electrons. The minimum Gasteiger partial charge on any atom is -0.492 e. The minimum absolute atomic E-state index is 0.0739. The van der Waals surface area contributed by atoms with Crippen molar-refractivity contribution in [1.29, 1.82) is 0 Å². The number of anilines is 1. The first kappa shape index (κ1) is 16.1. The number of hydrogen-bond acceptors (Lipinski definition) is 4. The van der Waals surface area contributed by atoms with E-state index in [1.165, 1.54) is 11.3 Å². The summed E-state index contributed by atoms with van der Waals surface area (Å²) in [5, 5.41) is 6.29. The fourth-order valence-corrected chi connectivity index (χ4v) is 2.77. The first-order chi connectivity index (χ1) is 10.0. The summed E-state index contributed by atoms with van der Waals surface area (Å²) in [6.45, 7) is 2.29. The highest BCUT2D eigenvalue weighted by molar-refractivity contribution is 7.13. The van der Waals surface area contributed by atoms with Crippen LogP contribution in [0.1, 0.15) is 18.5 Å². The molecular weight excluding hydrogens is 331 g/mol. The number of halogens is 2.